The summed E-state index contributed by atoms with van der Waals surface area (Å²) in [5.41, 5.74) is 6.68. The van der Waals surface area contributed by atoms with Crippen LogP contribution in [0.4, 0.5) is 0 Å². The lowest BCUT2D eigenvalue weighted by molar-refractivity contribution is 0.738. The summed E-state index contributed by atoms with van der Waals surface area (Å²) in [6.45, 7) is 3.61. The Labute approximate surface area is 77.1 Å². The molecule has 0 amide bonds. The van der Waals surface area contributed by atoms with Crippen LogP contribution in [-0.2, 0) is 0 Å². The first kappa shape index (κ1) is 9.23. The van der Waals surface area contributed by atoms with Gasteiger partial charge in [-0.2, -0.15) is 0 Å². The normalized spacial score (nSPS) is 12.5. The van der Waals surface area contributed by atoms with E-state index in [1.54, 1.807) is 24.5 Å². The molecule has 0 aromatic carbocycles. The van der Waals surface area contributed by atoms with Crippen molar-refractivity contribution in [2.45, 2.75) is 12.5 Å². The third kappa shape index (κ3) is 2.06. The smallest absolute Gasteiger partial charge is 0.0484 e. The van der Waals surface area contributed by atoms with Crippen LogP contribution in [0.1, 0.15) is 18.0 Å². The molecule has 1 atom stereocenters. The van der Waals surface area contributed by atoms with Crippen LogP contribution in [0, 0.1) is 0 Å². The van der Waals surface area contributed by atoms with Gasteiger partial charge in [0.05, 0.1) is 0 Å². The SMILES string of the molecule is C=CCC(N)c1cnccc1Cl. The number of halogens is 1. The second-order valence-corrected chi connectivity index (χ2v) is 2.94. The summed E-state index contributed by atoms with van der Waals surface area (Å²) in [7, 11) is 0. The highest BCUT2D eigenvalue weighted by Gasteiger charge is 2.07. The number of hydrogen-bond acceptors (Lipinski definition) is 2. The van der Waals surface area contributed by atoms with Crippen molar-refractivity contribution in [3.8, 4) is 0 Å². The highest BCUT2D eigenvalue weighted by atomic mass is 35.5. The summed E-state index contributed by atoms with van der Waals surface area (Å²) in [5.74, 6) is 0. The van der Waals surface area contributed by atoms with Gasteiger partial charge in [-0.05, 0) is 12.5 Å². The Kier molecular flexibility index (Phi) is 3.26. The molecule has 1 rings (SSSR count). The molecule has 64 valence electrons. The maximum Gasteiger partial charge on any atom is 0.0484 e. The van der Waals surface area contributed by atoms with E-state index in [1.165, 1.54) is 0 Å². The predicted octanol–water partition coefficient (Wildman–Crippen LogP) is 2.31. The molecule has 2 N–H and O–H groups in total. The van der Waals surface area contributed by atoms with Crippen molar-refractivity contribution >= 4 is 11.6 Å². The monoisotopic (exact) mass is 182 g/mol. The van der Waals surface area contributed by atoms with E-state index in [4.69, 9.17) is 17.3 Å². The van der Waals surface area contributed by atoms with Crippen LogP contribution in [0.25, 0.3) is 0 Å². The van der Waals surface area contributed by atoms with Crippen molar-refractivity contribution in [3.05, 3.63) is 41.7 Å². The molecule has 1 aromatic heterocycles. The van der Waals surface area contributed by atoms with E-state index in [0.717, 1.165) is 5.56 Å². The maximum atomic E-state index is 5.90. The third-order valence-electron chi connectivity index (χ3n) is 1.62. The van der Waals surface area contributed by atoms with Crippen LogP contribution < -0.4 is 5.73 Å². The minimum atomic E-state index is -0.0938. The zero-order valence-corrected chi connectivity index (χ0v) is 7.46. The fourth-order valence-corrected chi connectivity index (χ4v) is 1.21. The largest absolute Gasteiger partial charge is 0.324 e. The molecule has 0 saturated carbocycles. The number of nitrogens with two attached hydrogens (primary N) is 1. The average molecular weight is 183 g/mol. The Balaban J connectivity index is 2.86. The quantitative estimate of drug-likeness (QED) is 0.729. The highest BCUT2D eigenvalue weighted by molar-refractivity contribution is 6.31. The summed E-state index contributed by atoms with van der Waals surface area (Å²) in [6.07, 6.45) is 5.82. The minimum Gasteiger partial charge on any atom is -0.324 e. The molecule has 1 heterocycles. The second-order valence-electron chi connectivity index (χ2n) is 2.53. The zero-order valence-electron chi connectivity index (χ0n) is 6.70. The Morgan fingerprint density at radius 2 is 2.50 bits per heavy atom. The van der Waals surface area contributed by atoms with E-state index in [-0.39, 0.29) is 6.04 Å². The summed E-state index contributed by atoms with van der Waals surface area (Å²) in [5, 5.41) is 0.666. The molecular weight excluding hydrogens is 172 g/mol. The lowest BCUT2D eigenvalue weighted by atomic mass is 10.1. The molecule has 3 heteroatoms. The predicted molar refractivity (Wildman–Crippen MR) is 51.0 cm³/mol. The van der Waals surface area contributed by atoms with Gasteiger partial charge in [0.1, 0.15) is 0 Å². The first-order valence-electron chi connectivity index (χ1n) is 3.71. The van der Waals surface area contributed by atoms with Crippen LogP contribution in [0.3, 0.4) is 0 Å². The minimum absolute atomic E-state index is 0.0938. The zero-order chi connectivity index (χ0) is 8.97. The molecule has 0 saturated heterocycles. The molecule has 0 aliphatic carbocycles. The van der Waals surface area contributed by atoms with Crippen molar-refractivity contribution in [1.82, 2.24) is 4.98 Å². The Morgan fingerprint density at radius 1 is 1.75 bits per heavy atom. The van der Waals surface area contributed by atoms with E-state index >= 15 is 0 Å². The molecule has 1 aromatic rings. The molecule has 1 unspecified atom stereocenters. The van der Waals surface area contributed by atoms with Crippen molar-refractivity contribution in [1.29, 1.82) is 0 Å². The van der Waals surface area contributed by atoms with Gasteiger partial charge in [-0.15, -0.1) is 6.58 Å². The third-order valence-corrected chi connectivity index (χ3v) is 1.96. The van der Waals surface area contributed by atoms with Gasteiger partial charge in [-0.3, -0.25) is 4.98 Å². The lowest BCUT2D eigenvalue weighted by Gasteiger charge is -2.09. The second kappa shape index (κ2) is 4.24. The summed E-state index contributed by atoms with van der Waals surface area (Å²) < 4.78 is 0. The molecule has 0 aliphatic rings. The van der Waals surface area contributed by atoms with Crippen LogP contribution in [-0.4, -0.2) is 4.98 Å². The highest BCUT2D eigenvalue weighted by Crippen LogP contribution is 2.21. The van der Waals surface area contributed by atoms with E-state index in [1.807, 2.05) is 0 Å². The first-order chi connectivity index (χ1) is 5.75. The van der Waals surface area contributed by atoms with E-state index in [0.29, 0.717) is 11.4 Å². The fraction of sp³-hybridized carbons (Fsp3) is 0.222. The van der Waals surface area contributed by atoms with Gasteiger partial charge >= 0.3 is 0 Å². The van der Waals surface area contributed by atoms with E-state index in [2.05, 4.69) is 11.6 Å². The number of hydrogen-bond donors (Lipinski definition) is 1. The molecule has 12 heavy (non-hydrogen) atoms. The van der Waals surface area contributed by atoms with Gasteiger partial charge < -0.3 is 5.73 Å². The van der Waals surface area contributed by atoms with Crippen molar-refractivity contribution in [3.63, 3.8) is 0 Å². The van der Waals surface area contributed by atoms with Gasteiger partial charge in [-0.25, -0.2) is 0 Å². The standard InChI is InChI=1S/C9H11ClN2/c1-2-3-9(11)7-6-12-5-4-8(7)10/h2,4-6,9H,1,3,11H2. The number of pyridine rings is 1. The molecule has 0 spiro atoms. The van der Waals surface area contributed by atoms with Crippen LogP contribution in [0.2, 0.25) is 5.02 Å². The average Bonchev–Trinajstić information content (AvgIpc) is 2.05. The van der Waals surface area contributed by atoms with Crippen LogP contribution in [0.15, 0.2) is 31.1 Å². The van der Waals surface area contributed by atoms with E-state index < -0.39 is 0 Å². The van der Waals surface area contributed by atoms with Gasteiger partial charge in [0.25, 0.3) is 0 Å². The molecular formula is C9H11ClN2. The molecule has 2 nitrogen and oxygen atoms in total. The van der Waals surface area contributed by atoms with Crippen molar-refractivity contribution < 1.29 is 0 Å². The molecule has 0 radical (unpaired) electrons. The van der Waals surface area contributed by atoms with Crippen LogP contribution in [0.5, 0.6) is 0 Å². The number of aromatic nitrogens is 1. The van der Waals surface area contributed by atoms with Gasteiger partial charge in [0.2, 0.25) is 0 Å². The van der Waals surface area contributed by atoms with Gasteiger partial charge in [0, 0.05) is 29.0 Å². The topological polar surface area (TPSA) is 38.9 Å². The number of nitrogens with zero attached hydrogens (tertiary/aromatic N) is 1. The summed E-state index contributed by atoms with van der Waals surface area (Å²) >= 11 is 5.90. The van der Waals surface area contributed by atoms with Crippen LogP contribution >= 0.6 is 11.6 Å². The Bertz CT molecular complexity index is 273. The Hall–Kier alpha value is -0.860. The molecule has 0 bridgehead atoms. The van der Waals surface area contributed by atoms with Gasteiger partial charge in [0.15, 0.2) is 0 Å². The number of rotatable bonds is 3. The Morgan fingerprint density at radius 3 is 3.08 bits per heavy atom. The molecule has 0 fully saturated rings. The van der Waals surface area contributed by atoms with E-state index in [9.17, 15) is 0 Å². The fourth-order valence-electron chi connectivity index (χ4n) is 0.969. The van der Waals surface area contributed by atoms with Crippen molar-refractivity contribution in [2.75, 3.05) is 0 Å². The maximum absolute atomic E-state index is 5.90. The van der Waals surface area contributed by atoms with Crippen molar-refractivity contribution in [2.24, 2.45) is 5.73 Å². The van der Waals surface area contributed by atoms with Gasteiger partial charge in [-0.1, -0.05) is 17.7 Å². The summed E-state index contributed by atoms with van der Waals surface area (Å²) in [4.78, 5) is 3.95. The summed E-state index contributed by atoms with van der Waals surface area (Å²) in [6, 6.07) is 1.64. The lowest BCUT2D eigenvalue weighted by Crippen LogP contribution is -2.09. The molecule has 0 aliphatic heterocycles. The first-order valence-corrected chi connectivity index (χ1v) is 4.09.